The van der Waals surface area contributed by atoms with Gasteiger partial charge in [0.1, 0.15) is 0 Å². The Balaban J connectivity index is 1.67. The van der Waals surface area contributed by atoms with Crippen molar-refractivity contribution in [3.63, 3.8) is 0 Å². The smallest absolute Gasteiger partial charge is 0.234 e. The molecule has 1 aliphatic heterocycles. The van der Waals surface area contributed by atoms with Crippen LogP contribution >= 0.6 is 11.6 Å². The molecule has 4 rings (SSSR count). The average Bonchev–Trinajstić information content (AvgIpc) is 3.18. The molecule has 136 valence electrons. The first-order valence-electron chi connectivity index (χ1n) is 8.90. The molecule has 0 saturated carbocycles. The molecule has 2 heterocycles. The SMILES string of the molecule is CN1C=CC=C(c2noc(C(Cc3ccccc3)c3ccc(Cl)cc3)n2)C1. The molecule has 0 radical (unpaired) electrons. The van der Waals surface area contributed by atoms with Crippen molar-refractivity contribution in [3.8, 4) is 0 Å². The molecule has 0 fully saturated rings. The van der Waals surface area contributed by atoms with E-state index in [2.05, 4.69) is 22.2 Å². The van der Waals surface area contributed by atoms with Gasteiger partial charge in [-0.15, -0.1) is 0 Å². The van der Waals surface area contributed by atoms with Crippen LogP contribution in [-0.2, 0) is 6.42 Å². The summed E-state index contributed by atoms with van der Waals surface area (Å²) in [5.74, 6) is 1.24. The van der Waals surface area contributed by atoms with Gasteiger partial charge in [0, 0.05) is 24.2 Å². The van der Waals surface area contributed by atoms with Gasteiger partial charge in [0.05, 0.1) is 5.92 Å². The second-order valence-corrected chi connectivity index (χ2v) is 7.14. The summed E-state index contributed by atoms with van der Waals surface area (Å²) >= 11 is 6.07. The summed E-state index contributed by atoms with van der Waals surface area (Å²) in [4.78, 5) is 6.81. The highest BCUT2D eigenvalue weighted by molar-refractivity contribution is 6.30. The van der Waals surface area contributed by atoms with E-state index < -0.39 is 0 Å². The fourth-order valence-electron chi connectivity index (χ4n) is 3.23. The van der Waals surface area contributed by atoms with E-state index >= 15 is 0 Å². The van der Waals surface area contributed by atoms with Gasteiger partial charge in [0.15, 0.2) is 5.82 Å². The normalized spacial score (nSPS) is 14.9. The zero-order valence-electron chi connectivity index (χ0n) is 15.0. The predicted octanol–water partition coefficient (Wildman–Crippen LogP) is 4.94. The molecule has 0 spiro atoms. The molecule has 0 aliphatic carbocycles. The number of allylic oxidation sites excluding steroid dienone is 2. The number of hydrogen-bond acceptors (Lipinski definition) is 4. The Hall–Kier alpha value is -2.85. The van der Waals surface area contributed by atoms with E-state index in [1.165, 1.54) is 5.56 Å². The standard InChI is InChI=1S/C22H20ClN3O/c1-26-13-5-8-18(15-26)21-24-22(27-25-21)20(14-16-6-3-2-4-7-16)17-9-11-19(23)12-10-17/h2-13,20H,14-15H2,1H3. The van der Waals surface area contributed by atoms with Crippen LogP contribution in [0.15, 0.2) is 77.5 Å². The first-order chi connectivity index (χ1) is 13.2. The Bertz CT molecular complexity index is 961. The summed E-state index contributed by atoms with van der Waals surface area (Å²) in [6.45, 7) is 0.764. The molecule has 5 heteroatoms. The highest BCUT2D eigenvalue weighted by atomic mass is 35.5. The molecule has 1 aromatic heterocycles. The molecule has 0 saturated heterocycles. The summed E-state index contributed by atoms with van der Waals surface area (Å²) in [7, 11) is 2.02. The molecule has 0 amide bonds. The van der Waals surface area contributed by atoms with Gasteiger partial charge in [-0.25, -0.2) is 0 Å². The monoisotopic (exact) mass is 377 g/mol. The fourth-order valence-corrected chi connectivity index (χ4v) is 3.35. The van der Waals surface area contributed by atoms with E-state index in [1.807, 2.05) is 67.9 Å². The van der Waals surface area contributed by atoms with E-state index in [0.29, 0.717) is 16.7 Å². The molecule has 3 aromatic rings. The van der Waals surface area contributed by atoms with Gasteiger partial charge < -0.3 is 9.42 Å². The van der Waals surface area contributed by atoms with E-state index in [4.69, 9.17) is 21.1 Å². The molecule has 27 heavy (non-hydrogen) atoms. The van der Waals surface area contributed by atoms with Gasteiger partial charge in [0.2, 0.25) is 5.89 Å². The Morgan fingerprint density at radius 3 is 2.63 bits per heavy atom. The van der Waals surface area contributed by atoms with Crippen molar-refractivity contribution in [1.29, 1.82) is 0 Å². The van der Waals surface area contributed by atoms with Crippen LogP contribution < -0.4 is 0 Å². The number of benzene rings is 2. The summed E-state index contributed by atoms with van der Waals surface area (Å²) in [5, 5.41) is 4.95. The molecule has 0 bridgehead atoms. The Kier molecular flexibility index (Phi) is 5.07. The molecule has 1 unspecified atom stereocenters. The van der Waals surface area contributed by atoms with Crippen LogP contribution in [0.4, 0.5) is 0 Å². The third kappa shape index (κ3) is 4.12. The first-order valence-corrected chi connectivity index (χ1v) is 9.28. The van der Waals surface area contributed by atoms with Crippen molar-refractivity contribution < 1.29 is 4.52 Å². The highest BCUT2D eigenvalue weighted by Crippen LogP contribution is 2.29. The Morgan fingerprint density at radius 2 is 1.89 bits per heavy atom. The lowest BCUT2D eigenvalue weighted by Crippen LogP contribution is -2.16. The van der Waals surface area contributed by atoms with Crippen molar-refractivity contribution >= 4 is 17.2 Å². The lowest BCUT2D eigenvalue weighted by Gasteiger charge is -2.17. The summed E-state index contributed by atoms with van der Waals surface area (Å²) in [6.07, 6.45) is 6.83. The largest absolute Gasteiger partial charge is 0.376 e. The zero-order chi connectivity index (χ0) is 18.6. The van der Waals surface area contributed by atoms with Crippen molar-refractivity contribution in [2.45, 2.75) is 12.3 Å². The van der Waals surface area contributed by atoms with E-state index in [0.717, 1.165) is 24.1 Å². The second-order valence-electron chi connectivity index (χ2n) is 6.70. The van der Waals surface area contributed by atoms with Gasteiger partial charge in [-0.2, -0.15) is 4.98 Å². The maximum atomic E-state index is 6.07. The van der Waals surface area contributed by atoms with Crippen molar-refractivity contribution in [3.05, 3.63) is 101 Å². The van der Waals surface area contributed by atoms with Crippen LogP contribution in [0.1, 0.15) is 28.8 Å². The molecule has 4 nitrogen and oxygen atoms in total. The van der Waals surface area contributed by atoms with Gasteiger partial charge in [-0.1, -0.05) is 65.3 Å². The molecule has 1 aliphatic rings. The third-order valence-corrected chi connectivity index (χ3v) is 4.89. The van der Waals surface area contributed by atoms with Gasteiger partial charge in [-0.3, -0.25) is 0 Å². The van der Waals surface area contributed by atoms with Crippen LogP contribution in [0.3, 0.4) is 0 Å². The minimum absolute atomic E-state index is 0.0246. The third-order valence-electron chi connectivity index (χ3n) is 4.64. The maximum absolute atomic E-state index is 6.07. The first kappa shape index (κ1) is 17.6. The number of aromatic nitrogens is 2. The van der Waals surface area contributed by atoms with Gasteiger partial charge in [0.25, 0.3) is 0 Å². The number of likely N-dealkylation sites (N-methyl/N-ethyl adjacent to an activating group) is 1. The van der Waals surface area contributed by atoms with Crippen LogP contribution in [0.5, 0.6) is 0 Å². The molecule has 2 aromatic carbocycles. The van der Waals surface area contributed by atoms with Crippen LogP contribution in [0, 0.1) is 0 Å². The lowest BCUT2D eigenvalue weighted by molar-refractivity contribution is 0.362. The quantitative estimate of drug-likeness (QED) is 0.631. The van der Waals surface area contributed by atoms with E-state index in [1.54, 1.807) is 0 Å². The maximum Gasteiger partial charge on any atom is 0.234 e. The van der Waals surface area contributed by atoms with Crippen LogP contribution in [-0.4, -0.2) is 28.6 Å². The molecule has 1 atom stereocenters. The van der Waals surface area contributed by atoms with E-state index in [-0.39, 0.29) is 5.92 Å². The Morgan fingerprint density at radius 1 is 1.11 bits per heavy atom. The highest BCUT2D eigenvalue weighted by Gasteiger charge is 2.23. The van der Waals surface area contributed by atoms with Crippen molar-refractivity contribution in [2.24, 2.45) is 0 Å². The fraction of sp³-hybridized carbons (Fsp3) is 0.182. The summed E-state index contributed by atoms with van der Waals surface area (Å²) in [6, 6.07) is 18.2. The number of rotatable bonds is 5. The molecular formula is C22H20ClN3O. The van der Waals surface area contributed by atoms with E-state index in [9.17, 15) is 0 Å². The lowest BCUT2D eigenvalue weighted by atomic mass is 9.92. The Labute approximate surface area is 163 Å². The predicted molar refractivity (Wildman–Crippen MR) is 107 cm³/mol. The molecular weight excluding hydrogens is 358 g/mol. The second kappa shape index (κ2) is 7.80. The zero-order valence-corrected chi connectivity index (χ0v) is 15.8. The van der Waals surface area contributed by atoms with Crippen LogP contribution in [0.2, 0.25) is 5.02 Å². The average molecular weight is 378 g/mol. The van der Waals surface area contributed by atoms with Crippen molar-refractivity contribution in [1.82, 2.24) is 15.0 Å². The number of hydrogen-bond donors (Lipinski definition) is 0. The summed E-state index contributed by atoms with van der Waals surface area (Å²) in [5.41, 5.74) is 3.37. The number of halogens is 1. The minimum Gasteiger partial charge on any atom is -0.376 e. The number of nitrogens with zero attached hydrogens (tertiary/aromatic N) is 3. The van der Waals surface area contributed by atoms with Gasteiger partial charge >= 0.3 is 0 Å². The summed E-state index contributed by atoms with van der Waals surface area (Å²) < 4.78 is 5.69. The molecule has 0 N–H and O–H groups in total. The van der Waals surface area contributed by atoms with Crippen LogP contribution in [0.25, 0.3) is 5.57 Å². The van der Waals surface area contributed by atoms with Crippen molar-refractivity contribution in [2.75, 3.05) is 13.6 Å². The topological polar surface area (TPSA) is 42.2 Å². The van der Waals surface area contributed by atoms with Gasteiger partial charge in [-0.05, 0) is 42.0 Å². The minimum atomic E-state index is -0.0246.